The van der Waals surface area contributed by atoms with E-state index in [0.717, 1.165) is 5.56 Å². The first-order valence-corrected chi connectivity index (χ1v) is 4.70. The van der Waals surface area contributed by atoms with Gasteiger partial charge in [0.2, 0.25) is 0 Å². The highest BCUT2D eigenvalue weighted by atomic mass is 16.4. The van der Waals surface area contributed by atoms with Crippen molar-refractivity contribution < 1.29 is 20.1 Å². The second-order valence-corrected chi connectivity index (χ2v) is 3.60. The van der Waals surface area contributed by atoms with Crippen LogP contribution in [0.15, 0.2) is 24.3 Å². The van der Waals surface area contributed by atoms with Gasteiger partial charge in [-0.05, 0) is 23.9 Å². The summed E-state index contributed by atoms with van der Waals surface area (Å²) in [5.74, 6) is -2.24. The number of hydrogen-bond donors (Lipinski definition) is 3. The number of carboxylic acid groups (broad SMARTS) is 1. The summed E-state index contributed by atoms with van der Waals surface area (Å²) >= 11 is 0. The Bertz CT molecular complexity index is 587. The van der Waals surface area contributed by atoms with Crippen molar-refractivity contribution in [2.75, 3.05) is 0 Å². The van der Waals surface area contributed by atoms with Crippen LogP contribution in [0, 0.1) is 6.92 Å². The molecule has 3 N–H and O–H groups in total. The topological polar surface area (TPSA) is 77.8 Å². The Labute approximate surface area is 91.4 Å². The molecular weight excluding hydrogens is 208 g/mol. The van der Waals surface area contributed by atoms with E-state index in [1.54, 1.807) is 25.1 Å². The fourth-order valence-corrected chi connectivity index (χ4v) is 1.77. The van der Waals surface area contributed by atoms with Crippen molar-refractivity contribution in [1.29, 1.82) is 0 Å². The molecule has 0 heterocycles. The molecule has 82 valence electrons. The number of benzene rings is 2. The summed E-state index contributed by atoms with van der Waals surface area (Å²) in [7, 11) is 0. The minimum Gasteiger partial charge on any atom is -0.504 e. The second kappa shape index (κ2) is 3.41. The van der Waals surface area contributed by atoms with E-state index in [1.165, 1.54) is 6.07 Å². The zero-order valence-corrected chi connectivity index (χ0v) is 8.56. The summed E-state index contributed by atoms with van der Waals surface area (Å²) in [4.78, 5) is 10.8. The first-order chi connectivity index (χ1) is 7.52. The largest absolute Gasteiger partial charge is 0.504 e. The van der Waals surface area contributed by atoms with Crippen LogP contribution in [0.1, 0.15) is 15.9 Å². The standard InChI is InChI=1S/C12H10O4/c1-6-3-2-4-7-5-8(12(15)16)10(13)11(14)9(6)7/h2-5,13-14H,1H3,(H,15,16). The average molecular weight is 218 g/mol. The quantitative estimate of drug-likeness (QED) is 0.641. The number of hydrogen-bond acceptors (Lipinski definition) is 3. The molecule has 0 radical (unpaired) electrons. The molecule has 0 bridgehead atoms. The number of phenols is 2. The maximum atomic E-state index is 10.8. The number of carbonyl (C=O) groups is 1. The first kappa shape index (κ1) is 10.3. The van der Waals surface area contributed by atoms with E-state index >= 15 is 0 Å². The van der Waals surface area contributed by atoms with Crippen LogP contribution in [-0.2, 0) is 0 Å². The molecule has 16 heavy (non-hydrogen) atoms. The van der Waals surface area contributed by atoms with Gasteiger partial charge in [-0.15, -0.1) is 0 Å². The molecule has 0 spiro atoms. The van der Waals surface area contributed by atoms with E-state index in [2.05, 4.69) is 0 Å². The van der Waals surface area contributed by atoms with Gasteiger partial charge in [-0.1, -0.05) is 18.2 Å². The molecule has 0 aliphatic rings. The minimum atomic E-state index is -1.27. The molecule has 0 aliphatic carbocycles. The van der Waals surface area contributed by atoms with Crippen LogP contribution in [0.2, 0.25) is 0 Å². The number of aryl methyl sites for hydroxylation is 1. The Balaban J connectivity index is 2.94. The van der Waals surface area contributed by atoms with E-state index in [4.69, 9.17) is 5.11 Å². The lowest BCUT2D eigenvalue weighted by Gasteiger charge is -2.08. The van der Waals surface area contributed by atoms with E-state index in [9.17, 15) is 15.0 Å². The Morgan fingerprint density at radius 1 is 1.19 bits per heavy atom. The molecule has 4 nitrogen and oxygen atoms in total. The van der Waals surface area contributed by atoms with Crippen molar-refractivity contribution in [2.24, 2.45) is 0 Å². The van der Waals surface area contributed by atoms with E-state index in [-0.39, 0.29) is 11.3 Å². The molecular formula is C12H10O4. The van der Waals surface area contributed by atoms with Gasteiger partial charge in [0.15, 0.2) is 11.5 Å². The zero-order chi connectivity index (χ0) is 11.9. The maximum absolute atomic E-state index is 10.8. The van der Waals surface area contributed by atoms with Gasteiger partial charge in [-0.25, -0.2) is 4.79 Å². The monoisotopic (exact) mass is 218 g/mol. The van der Waals surface area contributed by atoms with Crippen LogP contribution < -0.4 is 0 Å². The van der Waals surface area contributed by atoms with Gasteiger partial charge < -0.3 is 15.3 Å². The van der Waals surface area contributed by atoms with Crippen molar-refractivity contribution >= 4 is 16.7 Å². The summed E-state index contributed by atoms with van der Waals surface area (Å²) in [6, 6.07) is 6.58. The summed E-state index contributed by atoms with van der Waals surface area (Å²) in [5, 5.41) is 29.2. The Kier molecular flexibility index (Phi) is 2.20. The van der Waals surface area contributed by atoms with Crippen molar-refractivity contribution in [3.63, 3.8) is 0 Å². The number of fused-ring (bicyclic) bond motifs is 1. The molecule has 0 saturated carbocycles. The van der Waals surface area contributed by atoms with Crippen molar-refractivity contribution in [3.05, 3.63) is 35.4 Å². The maximum Gasteiger partial charge on any atom is 0.339 e. The fourth-order valence-electron chi connectivity index (χ4n) is 1.77. The number of aromatic hydroxyl groups is 2. The molecule has 2 aromatic carbocycles. The lowest BCUT2D eigenvalue weighted by atomic mass is 10.0. The van der Waals surface area contributed by atoms with Crippen LogP contribution in [-0.4, -0.2) is 21.3 Å². The van der Waals surface area contributed by atoms with Gasteiger partial charge in [0.1, 0.15) is 5.56 Å². The van der Waals surface area contributed by atoms with Gasteiger partial charge in [0.05, 0.1) is 0 Å². The van der Waals surface area contributed by atoms with Gasteiger partial charge in [-0.2, -0.15) is 0 Å². The summed E-state index contributed by atoms with van der Waals surface area (Å²) < 4.78 is 0. The molecule has 0 amide bonds. The predicted octanol–water partition coefficient (Wildman–Crippen LogP) is 2.26. The van der Waals surface area contributed by atoms with Crippen LogP contribution in [0.4, 0.5) is 0 Å². The SMILES string of the molecule is Cc1cccc2cc(C(=O)O)c(O)c(O)c12. The number of aromatic carboxylic acids is 1. The Hall–Kier alpha value is -2.23. The molecule has 0 aromatic heterocycles. The predicted molar refractivity (Wildman–Crippen MR) is 59.0 cm³/mol. The highest BCUT2D eigenvalue weighted by Crippen LogP contribution is 2.38. The Morgan fingerprint density at radius 3 is 2.50 bits per heavy atom. The molecule has 0 atom stereocenters. The lowest BCUT2D eigenvalue weighted by molar-refractivity contribution is 0.0693. The fraction of sp³-hybridized carbons (Fsp3) is 0.0833. The smallest absolute Gasteiger partial charge is 0.339 e. The Morgan fingerprint density at radius 2 is 1.88 bits per heavy atom. The third-order valence-corrected chi connectivity index (χ3v) is 2.55. The third-order valence-electron chi connectivity index (χ3n) is 2.55. The van der Waals surface area contributed by atoms with Gasteiger partial charge in [0.25, 0.3) is 0 Å². The summed E-state index contributed by atoms with van der Waals surface area (Å²) in [5.41, 5.74) is 0.484. The van der Waals surface area contributed by atoms with Gasteiger partial charge in [0, 0.05) is 5.39 Å². The third kappa shape index (κ3) is 1.35. The van der Waals surface area contributed by atoms with E-state index < -0.39 is 11.7 Å². The highest BCUT2D eigenvalue weighted by Gasteiger charge is 2.17. The van der Waals surface area contributed by atoms with Crippen molar-refractivity contribution in [3.8, 4) is 11.5 Å². The summed E-state index contributed by atoms with van der Waals surface area (Å²) in [6.45, 7) is 1.78. The van der Waals surface area contributed by atoms with E-state index in [0.29, 0.717) is 10.8 Å². The molecule has 0 saturated heterocycles. The molecule has 4 heteroatoms. The van der Waals surface area contributed by atoms with Crippen LogP contribution in [0.25, 0.3) is 10.8 Å². The molecule has 0 fully saturated rings. The van der Waals surface area contributed by atoms with Crippen molar-refractivity contribution in [2.45, 2.75) is 6.92 Å². The first-order valence-electron chi connectivity index (χ1n) is 4.70. The van der Waals surface area contributed by atoms with Crippen LogP contribution >= 0.6 is 0 Å². The van der Waals surface area contributed by atoms with Crippen LogP contribution in [0.5, 0.6) is 11.5 Å². The van der Waals surface area contributed by atoms with Gasteiger partial charge >= 0.3 is 5.97 Å². The molecule has 2 rings (SSSR count). The number of rotatable bonds is 1. The normalized spacial score (nSPS) is 10.6. The summed E-state index contributed by atoms with van der Waals surface area (Å²) in [6.07, 6.45) is 0. The number of carboxylic acids is 1. The highest BCUT2D eigenvalue weighted by molar-refractivity contribution is 6.02. The molecule has 0 aliphatic heterocycles. The van der Waals surface area contributed by atoms with Crippen molar-refractivity contribution in [1.82, 2.24) is 0 Å². The van der Waals surface area contributed by atoms with E-state index in [1.807, 2.05) is 0 Å². The second-order valence-electron chi connectivity index (χ2n) is 3.60. The number of phenolic OH excluding ortho intramolecular Hbond substituents is 1. The lowest BCUT2D eigenvalue weighted by Crippen LogP contribution is -1.97. The average Bonchev–Trinajstić information content (AvgIpc) is 2.22. The van der Waals surface area contributed by atoms with Crippen LogP contribution in [0.3, 0.4) is 0 Å². The molecule has 0 unspecified atom stereocenters. The molecule has 2 aromatic rings. The zero-order valence-electron chi connectivity index (χ0n) is 8.56. The minimum absolute atomic E-state index is 0.296. The van der Waals surface area contributed by atoms with Gasteiger partial charge in [-0.3, -0.25) is 0 Å².